The molecule has 2 aromatic carbocycles. The van der Waals surface area contributed by atoms with E-state index in [9.17, 15) is 9.90 Å². The van der Waals surface area contributed by atoms with Crippen LogP contribution in [-0.2, 0) is 6.54 Å². The molecule has 1 amide bonds. The second-order valence-corrected chi connectivity index (χ2v) is 6.81. The first-order valence-corrected chi connectivity index (χ1v) is 8.76. The van der Waals surface area contributed by atoms with Crippen LogP contribution in [0.4, 0.5) is 5.69 Å². The van der Waals surface area contributed by atoms with E-state index in [0.29, 0.717) is 23.8 Å². The average Bonchev–Trinajstić information content (AvgIpc) is 2.89. The van der Waals surface area contributed by atoms with E-state index in [1.165, 1.54) is 5.56 Å². The van der Waals surface area contributed by atoms with Crippen LogP contribution >= 0.6 is 0 Å². The van der Waals surface area contributed by atoms with Crippen molar-refractivity contribution in [1.29, 1.82) is 0 Å². The lowest BCUT2D eigenvalue weighted by atomic mass is 10.0. The Bertz CT molecular complexity index is 966. The molecule has 3 aromatic rings. The number of aromatic hydroxyl groups is 1. The third-order valence-corrected chi connectivity index (χ3v) is 4.66. The molecule has 4 heteroatoms. The molecule has 0 saturated carbocycles. The number of fused-ring (bicyclic) bond motifs is 1. The lowest BCUT2D eigenvalue weighted by Crippen LogP contribution is -2.18. The minimum absolute atomic E-state index is 0.168. The number of phenols is 1. The number of nitrogens with zero attached hydrogens (tertiary/aromatic N) is 1. The van der Waals surface area contributed by atoms with Gasteiger partial charge < -0.3 is 15.0 Å². The van der Waals surface area contributed by atoms with Gasteiger partial charge in [0.2, 0.25) is 0 Å². The highest BCUT2D eigenvalue weighted by molar-refractivity contribution is 6.08. The number of carbonyl (C=O) groups excluding carboxylic acids is 1. The molecule has 134 valence electrons. The fourth-order valence-electron chi connectivity index (χ4n) is 3.25. The smallest absolute Gasteiger partial charge is 0.272 e. The van der Waals surface area contributed by atoms with E-state index in [-0.39, 0.29) is 11.7 Å². The van der Waals surface area contributed by atoms with Gasteiger partial charge in [-0.2, -0.15) is 0 Å². The normalized spacial score (nSPS) is 11.1. The minimum Gasteiger partial charge on any atom is -0.508 e. The molecule has 1 heterocycles. The summed E-state index contributed by atoms with van der Waals surface area (Å²) in [5.74, 6) is 0.425. The Morgan fingerprint density at radius 2 is 1.92 bits per heavy atom. The van der Waals surface area contributed by atoms with Crippen LogP contribution in [0, 0.1) is 6.92 Å². The largest absolute Gasteiger partial charge is 0.508 e. The maximum atomic E-state index is 13.0. The molecule has 2 N–H and O–H groups in total. The van der Waals surface area contributed by atoms with E-state index < -0.39 is 0 Å². The maximum absolute atomic E-state index is 13.0. The van der Waals surface area contributed by atoms with Crippen molar-refractivity contribution in [3.63, 3.8) is 0 Å². The topological polar surface area (TPSA) is 54.3 Å². The first-order chi connectivity index (χ1) is 12.4. The lowest BCUT2D eigenvalue weighted by molar-refractivity contribution is 0.101. The van der Waals surface area contributed by atoms with Gasteiger partial charge >= 0.3 is 0 Å². The molecular weight excluding hydrogens is 324 g/mol. The van der Waals surface area contributed by atoms with Gasteiger partial charge in [0.15, 0.2) is 0 Å². The first kappa shape index (κ1) is 17.8. The Balaban J connectivity index is 2.09. The summed E-state index contributed by atoms with van der Waals surface area (Å²) in [5, 5.41) is 13.4. The van der Waals surface area contributed by atoms with E-state index in [0.717, 1.165) is 16.5 Å². The van der Waals surface area contributed by atoms with Crippen molar-refractivity contribution in [3.05, 3.63) is 71.9 Å². The highest BCUT2D eigenvalue weighted by atomic mass is 16.3. The van der Waals surface area contributed by atoms with Crippen LogP contribution in [0.1, 0.15) is 41.4 Å². The van der Waals surface area contributed by atoms with E-state index in [1.807, 2.05) is 11.5 Å². The van der Waals surface area contributed by atoms with E-state index in [1.54, 1.807) is 30.3 Å². The zero-order valence-corrected chi connectivity index (χ0v) is 15.4. The van der Waals surface area contributed by atoms with Crippen LogP contribution in [0.5, 0.6) is 5.75 Å². The van der Waals surface area contributed by atoms with Gasteiger partial charge in [0.1, 0.15) is 11.4 Å². The number of allylic oxidation sites excluding steroid dienone is 1. The maximum Gasteiger partial charge on any atom is 0.272 e. The number of nitrogens with one attached hydrogen (secondary N) is 1. The van der Waals surface area contributed by atoms with Crippen molar-refractivity contribution in [3.8, 4) is 5.75 Å². The zero-order chi connectivity index (χ0) is 18.8. The second-order valence-electron chi connectivity index (χ2n) is 6.81. The summed E-state index contributed by atoms with van der Waals surface area (Å²) in [6, 6.07) is 12.8. The summed E-state index contributed by atoms with van der Waals surface area (Å²) in [5.41, 5.74) is 4.52. The van der Waals surface area contributed by atoms with Crippen LogP contribution in [0.15, 0.2) is 55.1 Å². The number of hydrogen-bond acceptors (Lipinski definition) is 2. The SMILES string of the molecule is C=CCn1c(C(=O)Nc2ccc(O)cc2)c(C)c2cc(C(C)C)ccc21. The fourth-order valence-corrected chi connectivity index (χ4v) is 3.25. The number of aromatic nitrogens is 1. The summed E-state index contributed by atoms with van der Waals surface area (Å²) < 4.78 is 2.00. The molecule has 0 bridgehead atoms. The zero-order valence-electron chi connectivity index (χ0n) is 15.4. The summed E-state index contributed by atoms with van der Waals surface area (Å²) >= 11 is 0. The van der Waals surface area contributed by atoms with Gasteiger partial charge in [-0.25, -0.2) is 0 Å². The predicted molar refractivity (Wildman–Crippen MR) is 107 cm³/mol. The molecule has 0 atom stereocenters. The number of amides is 1. The van der Waals surface area contributed by atoms with Gasteiger partial charge in [-0.05, 0) is 60.4 Å². The van der Waals surface area contributed by atoms with Gasteiger partial charge in [0.25, 0.3) is 5.91 Å². The van der Waals surface area contributed by atoms with Gasteiger partial charge in [0, 0.05) is 23.1 Å². The number of hydrogen-bond donors (Lipinski definition) is 2. The van der Waals surface area contributed by atoms with Gasteiger partial charge in [-0.15, -0.1) is 6.58 Å². The Labute approximate surface area is 153 Å². The highest BCUT2D eigenvalue weighted by Gasteiger charge is 2.20. The molecule has 26 heavy (non-hydrogen) atoms. The quantitative estimate of drug-likeness (QED) is 0.491. The number of phenolic OH excluding ortho intramolecular Hbond substituents is 1. The van der Waals surface area contributed by atoms with Crippen LogP contribution in [-0.4, -0.2) is 15.6 Å². The Morgan fingerprint density at radius 1 is 1.23 bits per heavy atom. The molecule has 4 nitrogen and oxygen atoms in total. The van der Waals surface area contributed by atoms with E-state index in [2.05, 4.69) is 43.9 Å². The van der Waals surface area contributed by atoms with Gasteiger partial charge in [-0.1, -0.05) is 26.0 Å². The third-order valence-electron chi connectivity index (χ3n) is 4.66. The molecule has 0 aliphatic rings. The van der Waals surface area contributed by atoms with Crippen molar-refractivity contribution < 1.29 is 9.90 Å². The standard InChI is InChI=1S/C22H24N2O2/c1-5-12-24-20-11-6-16(14(2)3)13-19(20)15(4)21(24)22(26)23-17-7-9-18(25)10-8-17/h5-11,13-14,25H,1,12H2,2-4H3,(H,23,26). The van der Waals surface area contributed by atoms with Crippen molar-refractivity contribution in [2.45, 2.75) is 33.2 Å². The molecule has 0 aliphatic heterocycles. The Hall–Kier alpha value is -3.01. The third kappa shape index (κ3) is 3.23. The van der Waals surface area contributed by atoms with Crippen molar-refractivity contribution >= 4 is 22.5 Å². The Kier molecular flexibility index (Phi) is 4.85. The van der Waals surface area contributed by atoms with Crippen molar-refractivity contribution in [2.24, 2.45) is 0 Å². The summed E-state index contributed by atoms with van der Waals surface area (Å²) in [7, 11) is 0. The summed E-state index contributed by atoms with van der Waals surface area (Å²) in [4.78, 5) is 13.0. The predicted octanol–water partition coefficient (Wildman–Crippen LogP) is 5.22. The van der Waals surface area contributed by atoms with Gasteiger partial charge in [0.05, 0.1) is 0 Å². The Morgan fingerprint density at radius 3 is 2.54 bits per heavy atom. The van der Waals surface area contributed by atoms with Crippen LogP contribution in [0.3, 0.4) is 0 Å². The number of rotatable bonds is 5. The molecule has 1 aromatic heterocycles. The number of anilines is 1. The van der Waals surface area contributed by atoms with E-state index >= 15 is 0 Å². The minimum atomic E-state index is -0.169. The highest BCUT2D eigenvalue weighted by Crippen LogP contribution is 2.30. The fraction of sp³-hybridized carbons (Fsp3) is 0.227. The van der Waals surface area contributed by atoms with Crippen LogP contribution < -0.4 is 5.32 Å². The number of carbonyl (C=O) groups is 1. The monoisotopic (exact) mass is 348 g/mol. The molecule has 0 unspecified atom stereocenters. The number of benzene rings is 2. The molecular formula is C22H24N2O2. The molecule has 3 rings (SSSR count). The molecule has 0 aliphatic carbocycles. The van der Waals surface area contributed by atoms with Crippen LogP contribution in [0.2, 0.25) is 0 Å². The van der Waals surface area contributed by atoms with Crippen LogP contribution in [0.25, 0.3) is 10.9 Å². The molecule has 0 saturated heterocycles. The molecule has 0 radical (unpaired) electrons. The van der Waals surface area contributed by atoms with Crippen molar-refractivity contribution in [1.82, 2.24) is 4.57 Å². The summed E-state index contributed by atoms with van der Waals surface area (Å²) in [6.45, 7) is 10.7. The first-order valence-electron chi connectivity index (χ1n) is 8.76. The van der Waals surface area contributed by atoms with Gasteiger partial charge in [-0.3, -0.25) is 4.79 Å². The molecule has 0 spiro atoms. The second kappa shape index (κ2) is 7.08. The molecule has 0 fully saturated rings. The van der Waals surface area contributed by atoms with Crippen molar-refractivity contribution in [2.75, 3.05) is 5.32 Å². The average molecular weight is 348 g/mol. The lowest BCUT2D eigenvalue weighted by Gasteiger charge is -2.10. The van der Waals surface area contributed by atoms with E-state index in [4.69, 9.17) is 0 Å². The number of aryl methyl sites for hydroxylation is 1. The summed E-state index contributed by atoms with van der Waals surface area (Å²) in [6.07, 6.45) is 1.80.